The molecule has 1 aliphatic heterocycles. The zero-order valence-electron chi connectivity index (χ0n) is 16.7. The van der Waals surface area contributed by atoms with Crippen LogP contribution in [0, 0.1) is 5.92 Å². The third-order valence-electron chi connectivity index (χ3n) is 4.42. The molecular formula is C20H34N4O2. The Hall–Kier alpha value is -1.79. The maximum absolute atomic E-state index is 5.95. The largest absolute Gasteiger partial charge is 0.492 e. The molecule has 1 aliphatic rings. The Bertz CT molecular complexity index is 556. The number of hydrogen-bond acceptors (Lipinski definition) is 4. The molecule has 1 aromatic rings. The fourth-order valence-corrected chi connectivity index (χ4v) is 2.94. The van der Waals surface area contributed by atoms with Gasteiger partial charge in [-0.3, -0.25) is 0 Å². The molecule has 146 valence electrons. The molecule has 2 rings (SSSR count). The number of rotatable bonds is 9. The summed E-state index contributed by atoms with van der Waals surface area (Å²) in [5.74, 6) is 2.44. The van der Waals surface area contributed by atoms with Gasteiger partial charge in [0, 0.05) is 44.8 Å². The number of aliphatic imine (C=N–C) groups is 1. The topological polar surface area (TPSA) is 49.3 Å². The maximum atomic E-state index is 5.95. The molecule has 0 bridgehead atoms. The van der Waals surface area contributed by atoms with Crippen LogP contribution in [0.15, 0.2) is 29.3 Å². The van der Waals surface area contributed by atoms with Crippen LogP contribution < -0.4 is 10.1 Å². The summed E-state index contributed by atoms with van der Waals surface area (Å²) in [6.45, 7) is 7.82. The van der Waals surface area contributed by atoms with Crippen LogP contribution in [0.1, 0.15) is 18.9 Å². The molecule has 1 heterocycles. The zero-order valence-corrected chi connectivity index (χ0v) is 16.7. The van der Waals surface area contributed by atoms with E-state index < -0.39 is 0 Å². The van der Waals surface area contributed by atoms with Crippen molar-refractivity contribution in [3.63, 3.8) is 0 Å². The second-order valence-electron chi connectivity index (χ2n) is 7.04. The third kappa shape index (κ3) is 6.84. The van der Waals surface area contributed by atoms with E-state index in [9.17, 15) is 0 Å². The molecule has 6 nitrogen and oxygen atoms in total. The standard InChI is InChI=1S/C20H34N4O2/c1-5-21-20(24(4)15-17-10-12-25-16-17)22-14-18-8-6-7-9-19(18)26-13-11-23(2)3/h6-9,17H,5,10-16H2,1-4H3,(H,21,22). The van der Waals surface area contributed by atoms with E-state index in [1.165, 1.54) is 0 Å². The van der Waals surface area contributed by atoms with Crippen LogP contribution in [-0.2, 0) is 11.3 Å². The van der Waals surface area contributed by atoms with Gasteiger partial charge in [0.15, 0.2) is 5.96 Å². The average Bonchev–Trinajstić information content (AvgIpc) is 3.12. The Morgan fingerprint density at radius 2 is 2.12 bits per heavy atom. The summed E-state index contributed by atoms with van der Waals surface area (Å²) < 4.78 is 11.4. The van der Waals surface area contributed by atoms with Crippen molar-refractivity contribution in [2.24, 2.45) is 10.9 Å². The summed E-state index contributed by atoms with van der Waals surface area (Å²) in [7, 11) is 6.19. The predicted octanol–water partition coefficient (Wildman–Crippen LogP) is 2.06. The third-order valence-corrected chi connectivity index (χ3v) is 4.42. The zero-order chi connectivity index (χ0) is 18.8. The van der Waals surface area contributed by atoms with Crippen molar-refractivity contribution in [1.29, 1.82) is 0 Å². The summed E-state index contributed by atoms with van der Waals surface area (Å²) >= 11 is 0. The quantitative estimate of drug-likeness (QED) is 0.538. The van der Waals surface area contributed by atoms with Crippen molar-refractivity contribution in [3.8, 4) is 5.75 Å². The van der Waals surface area contributed by atoms with Crippen molar-refractivity contribution in [3.05, 3.63) is 29.8 Å². The van der Waals surface area contributed by atoms with E-state index in [1.807, 2.05) is 32.3 Å². The molecule has 0 spiro atoms. The van der Waals surface area contributed by atoms with E-state index in [1.54, 1.807) is 0 Å². The lowest BCUT2D eigenvalue weighted by Gasteiger charge is -2.24. The Labute approximate surface area is 158 Å². The molecule has 0 aliphatic carbocycles. The van der Waals surface area contributed by atoms with Crippen molar-refractivity contribution in [1.82, 2.24) is 15.1 Å². The van der Waals surface area contributed by atoms with Gasteiger partial charge in [-0.2, -0.15) is 0 Å². The van der Waals surface area contributed by atoms with Gasteiger partial charge in [-0.1, -0.05) is 18.2 Å². The molecule has 0 aromatic heterocycles. The second kappa shape index (κ2) is 11.0. The van der Waals surface area contributed by atoms with Gasteiger partial charge in [-0.05, 0) is 33.5 Å². The van der Waals surface area contributed by atoms with Crippen LogP contribution in [0.5, 0.6) is 5.75 Å². The summed E-state index contributed by atoms with van der Waals surface area (Å²) in [4.78, 5) is 9.15. The summed E-state index contributed by atoms with van der Waals surface area (Å²) in [6, 6.07) is 8.15. The van der Waals surface area contributed by atoms with E-state index >= 15 is 0 Å². The smallest absolute Gasteiger partial charge is 0.193 e. The molecule has 0 saturated carbocycles. The SMILES string of the molecule is CCNC(=NCc1ccccc1OCCN(C)C)N(C)CC1CCOC1. The highest BCUT2D eigenvalue weighted by Gasteiger charge is 2.19. The van der Waals surface area contributed by atoms with Crippen molar-refractivity contribution in [2.75, 3.05) is 60.6 Å². The molecule has 1 unspecified atom stereocenters. The van der Waals surface area contributed by atoms with Gasteiger partial charge < -0.3 is 24.6 Å². The lowest BCUT2D eigenvalue weighted by molar-refractivity contribution is 0.181. The Morgan fingerprint density at radius 1 is 1.31 bits per heavy atom. The highest BCUT2D eigenvalue weighted by molar-refractivity contribution is 5.79. The van der Waals surface area contributed by atoms with Crippen LogP contribution in [-0.4, -0.2) is 76.4 Å². The van der Waals surface area contributed by atoms with Gasteiger partial charge in [0.25, 0.3) is 0 Å². The molecule has 1 saturated heterocycles. The lowest BCUT2D eigenvalue weighted by atomic mass is 10.1. The Kier molecular flexibility index (Phi) is 8.71. The van der Waals surface area contributed by atoms with Gasteiger partial charge in [0.1, 0.15) is 12.4 Å². The minimum absolute atomic E-state index is 0.588. The number of nitrogens with one attached hydrogen (secondary N) is 1. The van der Waals surface area contributed by atoms with Crippen molar-refractivity contribution >= 4 is 5.96 Å². The van der Waals surface area contributed by atoms with E-state index in [0.29, 0.717) is 19.1 Å². The summed E-state index contributed by atoms with van der Waals surface area (Å²) in [6.07, 6.45) is 1.13. The van der Waals surface area contributed by atoms with Crippen LogP contribution >= 0.6 is 0 Å². The fraction of sp³-hybridized carbons (Fsp3) is 0.650. The number of hydrogen-bond donors (Lipinski definition) is 1. The first-order valence-electron chi connectivity index (χ1n) is 9.52. The monoisotopic (exact) mass is 362 g/mol. The van der Waals surface area contributed by atoms with Crippen molar-refractivity contribution in [2.45, 2.75) is 19.9 Å². The molecule has 1 aromatic carbocycles. The summed E-state index contributed by atoms with van der Waals surface area (Å²) in [5.41, 5.74) is 1.11. The number of benzene rings is 1. The Morgan fingerprint density at radius 3 is 2.81 bits per heavy atom. The van der Waals surface area contributed by atoms with Crippen LogP contribution in [0.3, 0.4) is 0 Å². The Balaban J connectivity index is 1.99. The molecule has 1 N–H and O–H groups in total. The van der Waals surface area contributed by atoms with Gasteiger partial charge in [0.05, 0.1) is 13.2 Å². The number of ether oxygens (including phenoxy) is 2. The lowest BCUT2D eigenvalue weighted by Crippen LogP contribution is -2.41. The minimum Gasteiger partial charge on any atom is -0.492 e. The fourth-order valence-electron chi connectivity index (χ4n) is 2.94. The van der Waals surface area contributed by atoms with Crippen LogP contribution in [0.4, 0.5) is 0 Å². The molecule has 26 heavy (non-hydrogen) atoms. The van der Waals surface area contributed by atoms with Gasteiger partial charge >= 0.3 is 0 Å². The number of guanidine groups is 1. The normalized spacial score (nSPS) is 17.6. The van der Waals surface area contributed by atoms with Crippen molar-refractivity contribution < 1.29 is 9.47 Å². The van der Waals surface area contributed by atoms with Crippen LogP contribution in [0.2, 0.25) is 0 Å². The van der Waals surface area contributed by atoms with Gasteiger partial charge in [-0.25, -0.2) is 4.99 Å². The average molecular weight is 363 g/mol. The first-order valence-corrected chi connectivity index (χ1v) is 9.52. The molecular weight excluding hydrogens is 328 g/mol. The maximum Gasteiger partial charge on any atom is 0.193 e. The van der Waals surface area contributed by atoms with E-state index in [0.717, 1.165) is 56.5 Å². The van der Waals surface area contributed by atoms with Gasteiger partial charge in [-0.15, -0.1) is 0 Å². The van der Waals surface area contributed by atoms with Crippen LogP contribution in [0.25, 0.3) is 0 Å². The van der Waals surface area contributed by atoms with E-state index in [4.69, 9.17) is 14.5 Å². The predicted molar refractivity (Wildman–Crippen MR) is 107 cm³/mol. The molecule has 1 atom stereocenters. The highest BCUT2D eigenvalue weighted by Crippen LogP contribution is 2.19. The molecule has 6 heteroatoms. The summed E-state index contributed by atoms with van der Waals surface area (Å²) in [5, 5.41) is 3.39. The molecule has 0 amide bonds. The minimum atomic E-state index is 0.588. The van der Waals surface area contributed by atoms with E-state index in [2.05, 4.69) is 35.2 Å². The highest BCUT2D eigenvalue weighted by atomic mass is 16.5. The molecule has 1 fully saturated rings. The van der Waals surface area contributed by atoms with E-state index in [-0.39, 0.29) is 0 Å². The second-order valence-corrected chi connectivity index (χ2v) is 7.04. The first kappa shape index (κ1) is 20.5. The first-order chi connectivity index (χ1) is 12.6. The number of likely N-dealkylation sites (N-methyl/N-ethyl adjacent to an activating group) is 1. The molecule has 0 radical (unpaired) electrons. The van der Waals surface area contributed by atoms with Gasteiger partial charge in [0.2, 0.25) is 0 Å². The number of para-hydroxylation sites is 1. The number of nitrogens with zero attached hydrogens (tertiary/aromatic N) is 3.